The van der Waals surface area contributed by atoms with E-state index in [1.54, 1.807) is 10.9 Å². The molecule has 0 saturated heterocycles. The molecule has 0 radical (unpaired) electrons. The van der Waals surface area contributed by atoms with Crippen LogP contribution in [0.5, 0.6) is 0 Å². The van der Waals surface area contributed by atoms with Crippen LogP contribution in [0.4, 0.5) is 5.82 Å². The smallest absolute Gasteiger partial charge is 0.254 e. The lowest BCUT2D eigenvalue weighted by atomic mass is 10.2. The Kier molecular flexibility index (Phi) is 2.55. The third-order valence-electron chi connectivity index (χ3n) is 2.07. The molecule has 0 aliphatic carbocycles. The van der Waals surface area contributed by atoms with Crippen LogP contribution in [0.1, 0.15) is 36.7 Å². The molecule has 0 saturated carbocycles. The number of aromatic nitrogens is 2. The first-order chi connectivity index (χ1) is 6.06. The van der Waals surface area contributed by atoms with Crippen LogP contribution in [-0.2, 0) is 0 Å². The fourth-order valence-corrected chi connectivity index (χ4v) is 1.01. The average molecular weight is 182 g/mol. The molecule has 13 heavy (non-hydrogen) atoms. The standard InChI is InChI=1S/C8H14N4O/c1-3-5(2)12-4-6(8(10)13)7(9)11-12/h4-5H,3H2,1-2H3,(H2,9,11)(H2,10,13). The zero-order chi connectivity index (χ0) is 10.0. The van der Waals surface area contributed by atoms with E-state index in [2.05, 4.69) is 5.10 Å². The summed E-state index contributed by atoms with van der Waals surface area (Å²) in [6.45, 7) is 4.03. The second-order valence-electron chi connectivity index (χ2n) is 3.03. The maximum absolute atomic E-state index is 10.8. The molecule has 1 amide bonds. The Morgan fingerprint density at radius 1 is 1.77 bits per heavy atom. The molecule has 1 aromatic rings. The van der Waals surface area contributed by atoms with Gasteiger partial charge in [-0.05, 0) is 13.3 Å². The number of nitrogens with zero attached hydrogens (tertiary/aromatic N) is 2. The predicted molar refractivity (Wildman–Crippen MR) is 50.2 cm³/mol. The Labute approximate surface area is 76.7 Å². The molecule has 4 N–H and O–H groups in total. The normalized spacial score (nSPS) is 12.8. The van der Waals surface area contributed by atoms with Gasteiger partial charge in [0.1, 0.15) is 5.56 Å². The number of primary amides is 1. The number of carbonyl (C=O) groups is 1. The van der Waals surface area contributed by atoms with Gasteiger partial charge in [0.15, 0.2) is 5.82 Å². The third kappa shape index (κ3) is 1.80. The molecule has 1 rings (SSSR count). The molecule has 1 atom stereocenters. The maximum atomic E-state index is 10.8. The molecule has 1 unspecified atom stereocenters. The Morgan fingerprint density at radius 2 is 2.38 bits per heavy atom. The first kappa shape index (κ1) is 9.57. The van der Waals surface area contributed by atoms with Crippen molar-refractivity contribution < 1.29 is 4.79 Å². The number of anilines is 1. The summed E-state index contributed by atoms with van der Waals surface area (Å²) in [5.41, 5.74) is 10.9. The summed E-state index contributed by atoms with van der Waals surface area (Å²) in [5.74, 6) is -0.333. The van der Waals surface area contributed by atoms with Gasteiger partial charge in [-0.1, -0.05) is 6.92 Å². The number of nitrogen functional groups attached to an aromatic ring is 1. The fraction of sp³-hybridized carbons (Fsp3) is 0.500. The minimum absolute atomic E-state index is 0.202. The Balaban J connectivity index is 3.01. The summed E-state index contributed by atoms with van der Waals surface area (Å²) >= 11 is 0. The molecule has 5 heteroatoms. The predicted octanol–water partition coefficient (Wildman–Crippen LogP) is 0.535. The lowest BCUT2D eigenvalue weighted by Gasteiger charge is -2.07. The van der Waals surface area contributed by atoms with Crippen molar-refractivity contribution in [2.45, 2.75) is 26.3 Å². The highest BCUT2D eigenvalue weighted by molar-refractivity contribution is 5.96. The second kappa shape index (κ2) is 3.47. The second-order valence-corrected chi connectivity index (χ2v) is 3.03. The van der Waals surface area contributed by atoms with Gasteiger partial charge in [0.2, 0.25) is 0 Å². The van der Waals surface area contributed by atoms with Gasteiger partial charge >= 0.3 is 0 Å². The number of amides is 1. The summed E-state index contributed by atoms with van der Waals surface area (Å²) in [4.78, 5) is 10.8. The van der Waals surface area contributed by atoms with Crippen LogP contribution in [-0.4, -0.2) is 15.7 Å². The van der Waals surface area contributed by atoms with Crippen molar-refractivity contribution in [1.82, 2.24) is 9.78 Å². The number of carbonyl (C=O) groups excluding carboxylic acids is 1. The summed E-state index contributed by atoms with van der Waals surface area (Å²) in [7, 11) is 0. The van der Waals surface area contributed by atoms with E-state index in [0.717, 1.165) is 6.42 Å². The van der Waals surface area contributed by atoms with Gasteiger partial charge in [-0.15, -0.1) is 0 Å². The molecule has 1 heterocycles. The Morgan fingerprint density at radius 3 is 2.77 bits per heavy atom. The summed E-state index contributed by atoms with van der Waals surface area (Å²) in [6, 6.07) is 0.232. The number of hydrogen-bond acceptors (Lipinski definition) is 3. The molecule has 0 spiro atoms. The highest BCUT2D eigenvalue weighted by Crippen LogP contribution is 2.14. The summed E-state index contributed by atoms with van der Waals surface area (Å²) < 4.78 is 1.66. The minimum atomic E-state index is -0.535. The van der Waals surface area contributed by atoms with Crippen LogP contribution in [0.2, 0.25) is 0 Å². The summed E-state index contributed by atoms with van der Waals surface area (Å²) in [5, 5.41) is 4.00. The van der Waals surface area contributed by atoms with Gasteiger partial charge in [0, 0.05) is 12.2 Å². The van der Waals surface area contributed by atoms with Crippen LogP contribution >= 0.6 is 0 Å². The zero-order valence-electron chi connectivity index (χ0n) is 7.82. The SMILES string of the molecule is CCC(C)n1cc(C(N)=O)c(N)n1. The highest BCUT2D eigenvalue weighted by Gasteiger charge is 2.12. The van der Waals surface area contributed by atoms with Crippen molar-refractivity contribution in [1.29, 1.82) is 0 Å². The van der Waals surface area contributed by atoms with Crippen molar-refractivity contribution in [3.05, 3.63) is 11.8 Å². The molecule has 0 aliphatic heterocycles. The molecular weight excluding hydrogens is 168 g/mol. The highest BCUT2D eigenvalue weighted by atomic mass is 16.1. The molecular formula is C8H14N4O. The van der Waals surface area contributed by atoms with Gasteiger partial charge in [-0.2, -0.15) is 5.10 Å². The van der Waals surface area contributed by atoms with Crippen LogP contribution in [0.3, 0.4) is 0 Å². The lowest BCUT2D eigenvalue weighted by molar-refractivity contribution is 0.100. The van der Waals surface area contributed by atoms with E-state index in [-0.39, 0.29) is 11.9 Å². The fourth-order valence-electron chi connectivity index (χ4n) is 1.01. The van der Waals surface area contributed by atoms with Crippen LogP contribution < -0.4 is 11.5 Å². The van der Waals surface area contributed by atoms with E-state index < -0.39 is 5.91 Å². The zero-order valence-corrected chi connectivity index (χ0v) is 7.82. The molecule has 0 bridgehead atoms. The third-order valence-corrected chi connectivity index (χ3v) is 2.07. The van der Waals surface area contributed by atoms with Gasteiger partial charge in [-0.25, -0.2) is 0 Å². The first-order valence-corrected chi connectivity index (χ1v) is 4.20. The monoisotopic (exact) mass is 182 g/mol. The van der Waals surface area contributed by atoms with Crippen LogP contribution in [0.15, 0.2) is 6.20 Å². The molecule has 1 aromatic heterocycles. The van der Waals surface area contributed by atoms with E-state index in [1.807, 2.05) is 13.8 Å². The van der Waals surface area contributed by atoms with E-state index in [1.165, 1.54) is 0 Å². The number of rotatable bonds is 3. The summed E-state index contributed by atoms with van der Waals surface area (Å²) in [6.07, 6.45) is 2.52. The lowest BCUT2D eigenvalue weighted by Crippen LogP contribution is -2.11. The minimum Gasteiger partial charge on any atom is -0.382 e. The van der Waals surface area contributed by atoms with E-state index >= 15 is 0 Å². The number of hydrogen-bond donors (Lipinski definition) is 2. The van der Waals surface area contributed by atoms with Crippen molar-refractivity contribution in [2.75, 3.05) is 5.73 Å². The van der Waals surface area contributed by atoms with Crippen LogP contribution in [0.25, 0.3) is 0 Å². The van der Waals surface area contributed by atoms with E-state index in [9.17, 15) is 4.79 Å². The van der Waals surface area contributed by atoms with Crippen molar-refractivity contribution in [2.24, 2.45) is 5.73 Å². The quantitative estimate of drug-likeness (QED) is 0.715. The maximum Gasteiger partial charge on any atom is 0.254 e. The molecule has 0 aromatic carbocycles. The van der Waals surface area contributed by atoms with Crippen molar-refractivity contribution in [3.63, 3.8) is 0 Å². The van der Waals surface area contributed by atoms with Gasteiger partial charge < -0.3 is 11.5 Å². The van der Waals surface area contributed by atoms with E-state index in [0.29, 0.717) is 5.56 Å². The topological polar surface area (TPSA) is 86.9 Å². The Bertz CT molecular complexity index is 318. The van der Waals surface area contributed by atoms with Gasteiger partial charge in [0.05, 0.1) is 0 Å². The molecule has 0 fully saturated rings. The molecule has 72 valence electrons. The number of nitrogens with two attached hydrogens (primary N) is 2. The first-order valence-electron chi connectivity index (χ1n) is 4.20. The largest absolute Gasteiger partial charge is 0.382 e. The molecule has 5 nitrogen and oxygen atoms in total. The van der Waals surface area contributed by atoms with E-state index in [4.69, 9.17) is 11.5 Å². The van der Waals surface area contributed by atoms with Crippen LogP contribution in [0, 0.1) is 0 Å². The van der Waals surface area contributed by atoms with Crippen molar-refractivity contribution >= 4 is 11.7 Å². The van der Waals surface area contributed by atoms with Crippen molar-refractivity contribution in [3.8, 4) is 0 Å². The van der Waals surface area contributed by atoms with Gasteiger partial charge in [-0.3, -0.25) is 9.48 Å². The van der Waals surface area contributed by atoms with Gasteiger partial charge in [0.25, 0.3) is 5.91 Å². The molecule has 0 aliphatic rings. The average Bonchev–Trinajstić information content (AvgIpc) is 2.46. The Hall–Kier alpha value is -1.52.